The Hall–Kier alpha value is -1.23. The van der Waals surface area contributed by atoms with Crippen LogP contribution in [0.25, 0.3) is 0 Å². The van der Waals surface area contributed by atoms with Gasteiger partial charge in [-0.15, -0.1) is 0 Å². The lowest BCUT2D eigenvalue weighted by Gasteiger charge is -2.26. The first kappa shape index (κ1) is 13.2. The Morgan fingerprint density at radius 1 is 1.39 bits per heavy atom. The summed E-state index contributed by atoms with van der Waals surface area (Å²) in [5, 5.41) is 0. The van der Waals surface area contributed by atoms with Crippen molar-refractivity contribution in [1.82, 2.24) is 9.88 Å². The lowest BCUT2D eigenvalue weighted by Crippen LogP contribution is -2.37. The van der Waals surface area contributed by atoms with E-state index in [1.165, 1.54) is 0 Å². The Labute approximate surface area is 112 Å². The van der Waals surface area contributed by atoms with Gasteiger partial charge in [0.2, 0.25) is 0 Å². The van der Waals surface area contributed by atoms with Crippen LogP contribution in [-0.2, 0) is 0 Å². The van der Waals surface area contributed by atoms with Crippen molar-refractivity contribution in [3.05, 3.63) is 24.0 Å². The van der Waals surface area contributed by atoms with E-state index in [0.29, 0.717) is 11.3 Å². The largest absolute Gasteiger partial charge is 0.489 e. The summed E-state index contributed by atoms with van der Waals surface area (Å²) in [5.74, 6) is 2.74. The van der Waals surface area contributed by atoms with E-state index in [1.807, 2.05) is 30.5 Å². The Bertz CT molecular complexity index is 417. The lowest BCUT2D eigenvalue weighted by molar-refractivity contribution is 0.0771. The van der Waals surface area contributed by atoms with Crippen molar-refractivity contribution in [2.75, 3.05) is 24.6 Å². The van der Waals surface area contributed by atoms with Gasteiger partial charge in [-0.1, -0.05) is 0 Å². The first-order valence-corrected chi connectivity index (χ1v) is 7.31. The van der Waals surface area contributed by atoms with Gasteiger partial charge in [0.15, 0.2) is 0 Å². The maximum absolute atomic E-state index is 12.3. The van der Waals surface area contributed by atoms with E-state index < -0.39 is 0 Å². The number of nitrogens with zero attached hydrogens (tertiary/aromatic N) is 2. The van der Waals surface area contributed by atoms with Crippen molar-refractivity contribution in [1.29, 1.82) is 0 Å². The van der Waals surface area contributed by atoms with Crippen LogP contribution in [0.2, 0.25) is 0 Å². The monoisotopic (exact) mass is 266 g/mol. The number of hydrogen-bond acceptors (Lipinski definition) is 4. The van der Waals surface area contributed by atoms with Crippen LogP contribution in [0, 0.1) is 0 Å². The summed E-state index contributed by atoms with van der Waals surface area (Å²) in [6.45, 7) is 5.55. The van der Waals surface area contributed by atoms with Gasteiger partial charge in [0.05, 0.1) is 17.9 Å². The minimum absolute atomic E-state index is 0.0528. The predicted octanol–water partition coefficient (Wildman–Crippen LogP) is 2.06. The molecule has 98 valence electrons. The quantitative estimate of drug-likeness (QED) is 0.840. The van der Waals surface area contributed by atoms with Crippen LogP contribution < -0.4 is 4.74 Å². The minimum atomic E-state index is 0.0528. The first-order valence-electron chi connectivity index (χ1n) is 6.15. The summed E-state index contributed by atoms with van der Waals surface area (Å²) in [7, 11) is 0. The molecule has 1 aromatic rings. The van der Waals surface area contributed by atoms with Crippen LogP contribution in [0.15, 0.2) is 18.5 Å². The normalized spacial score (nSPS) is 15.8. The number of amides is 1. The Balaban J connectivity index is 2.09. The van der Waals surface area contributed by atoms with Crippen molar-refractivity contribution < 1.29 is 9.53 Å². The molecular formula is C13H18N2O2S. The fourth-order valence-electron chi connectivity index (χ4n) is 1.82. The third-order valence-corrected chi connectivity index (χ3v) is 3.57. The molecule has 0 aromatic carbocycles. The van der Waals surface area contributed by atoms with Gasteiger partial charge in [0.25, 0.3) is 5.91 Å². The topological polar surface area (TPSA) is 42.4 Å². The van der Waals surface area contributed by atoms with Crippen molar-refractivity contribution in [3.63, 3.8) is 0 Å². The zero-order valence-electron chi connectivity index (χ0n) is 10.8. The predicted molar refractivity (Wildman–Crippen MR) is 73.2 cm³/mol. The number of carbonyl (C=O) groups excluding carboxylic acids is 1. The fraction of sp³-hybridized carbons (Fsp3) is 0.538. The molecule has 0 atom stereocenters. The molecule has 1 aliphatic heterocycles. The molecule has 0 saturated carbocycles. The first-order chi connectivity index (χ1) is 8.66. The molecule has 0 aliphatic carbocycles. The standard InChI is InChI=1S/C13H18N2O2S/c1-10(2)17-12-7-11(8-14-9-12)13(16)15-3-5-18-6-4-15/h7-10H,3-6H2,1-2H3. The second-order valence-corrected chi connectivity index (χ2v) is 5.71. The highest BCUT2D eigenvalue weighted by atomic mass is 32.2. The van der Waals surface area contributed by atoms with E-state index in [9.17, 15) is 4.79 Å². The Kier molecular flexibility index (Phi) is 4.47. The highest BCUT2D eigenvalue weighted by molar-refractivity contribution is 7.99. The number of carbonyl (C=O) groups is 1. The lowest BCUT2D eigenvalue weighted by atomic mass is 10.2. The zero-order valence-corrected chi connectivity index (χ0v) is 11.6. The smallest absolute Gasteiger partial charge is 0.255 e. The van der Waals surface area contributed by atoms with E-state index >= 15 is 0 Å². The molecule has 5 heteroatoms. The fourth-order valence-corrected chi connectivity index (χ4v) is 2.72. The van der Waals surface area contributed by atoms with Crippen LogP contribution in [-0.4, -0.2) is 46.5 Å². The second-order valence-electron chi connectivity index (χ2n) is 4.48. The minimum Gasteiger partial charge on any atom is -0.489 e. The highest BCUT2D eigenvalue weighted by Crippen LogP contribution is 2.17. The summed E-state index contributed by atoms with van der Waals surface area (Å²) >= 11 is 1.89. The number of aromatic nitrogens is 1. The highest BCUT2D eigenvalue weighted by Gasteiger charge is 2.19. The average molecular weight is 266 g/mol. The molecule has 0 N–H and O–H groups in total. The van der Waals surface area contributed by atoms with Crippen molar-refractivity contribution in [2.45, 2.75) is 20.0 Å². The molecule has 0 unspecified atom stereocenters. The number of thioether (sulfide) groups is 1. The van der Waals surface area contributed by atoms with Gasteiger partial charge in [0, 0.05) is 30.8 Å². The van der Waals surface area contributed by atoms with Gasteiger partial charge in [-0.3, -0.25) is 9.78 Å². The van der Waals surface area contributed by atoms with Gasteiger partial charge in [0.1, 0.15) is 5.75 Å². The number of hydrogen-bond donors (Lipinski definition) is 0. The van der Waals surface area contributed by atoms with Crippen molar-refractivity contribution in [2.24, 2.45) is 0 Å². The number of pyridine rings is 1. The van der Waals surface area contributed by atoms with Gasteiger partial charge < -0.3 is 9.64 Å². The summed E-state index contributed by atoms with van der Waals surface area (Å²) < 4.78 is 5.55. The van der Waals surface area contributed by atoms with E-state index in [1.54, 1.807) is 18.5 Å². The molecule has 4 nitrogen and oxygen atoms in total. The number of ether oxygens (including phenoxy) is 1. The van der Waals surface area contributed by atoms with Crippen LogP contribution >= 0.6 is 11.8 Å². The van der Waals surface area contributed by atoms with E-state index in [0.717, 1.165) is 24.6 Å². The van der Waals surface area contributed by atoms with Crippen molar-refractivity contribution >= 4 is 17.7 Å². The van der Waals surface area contributed by atoms with E-state index in [4.69, 9.17) is 4.74 Å². The summed E-state index contributed by atoms with van der Waals surface area (Å²) in [4.78, 5) is 18.2. The van der Waals surface area contributed by atoms with Gasteiger partial charge >= 0.3 is 0 Å². The molecule has 0 radical (unpaired) electrons. The van der Waals surface area contributed by atoms with Gasteiger partial charge in [-0.25, -0.2) is 0 Å². The Morgan fingerprint density at radius 3 is 2.78 bits per heavy atom. The molecule has 1 saturated heterocycles. The molecule has 1 aliphatic rings. The van der Waals surface area contributed by atoms with Crippen LogP contribution in [0.4, 0.5) is 0 Å². The van der Waals surface area contributed by atoms with Gasteiger partial charge in [-0.05, 0) is 19.9 Å². The summed E-state index contributed by atoms with van der Waals surface area (Å²) in [5.41, 5.74) is 0.611. The maximum atomic E-state index is 12.3. The summed E-state index contributed by atoms with van der Waals surface area (Å²) in [6, 6.07) is 1.77. The third-order valence-electron chi connectivity index (χ3n) is 2.63. The second kappa shape index (κ2) is 6.09. The van der Waals surface area contributed by atoms with Crippen LogP contribution in [0.5, 0.6) is 5.75 Å². The molecule has 0 spiro atoms. The average Bonchev–Trinajstić information content (AvgIpc) is 2.38. The Morgan fingerprint density at radius 2 is 2.11 bits per heavy atom. The van der Waals surface area contributed by atoms with Crippen LogP contribution in [0.3, 0.4) is 0 Å². The summed E-state index contributed by atoms with van der Waals surface area (Å²) in [6.07, 6.45) is 3.34. The number of rotatable bonds is 3. The molecule has 1 fully saturated rings. The zero-order chi connectivity index (χ0) is 13.0. The molecule has 0 bridgehead atoms. The molecule has 2 heterocycles. The SMILES string of the molecule is CC(C)Oc1cncc(C(=O)N2CCSCC2)c1. The molecule has 18 heavy (non-hydrogen) atoms. The molecule has 2 rings (SSSR count). The third kappa shape index (κ3) is 3.38. The van der Waals surface area contributed by atoms with Crippen LogP contribution in [0.1, 0.15) is 24.2 Å². The molecular weight excluding hydrogens is 248 g/mol. The van der Waals surface area contributed by atoms with Gasteiger partial charge in [-0.2, -0.15) is 11.8 Å². The van der Waals surface area contributed by atoms with E-state index in [-0.39, 0.29) is 12.0 Å². The maximum Gasteiger partial charge on any atom is 0.255 e. The van der Waals surface area contributed by atoms with E-state index in [2.05, 4.69) is 4.98 Å². The molecule has 1 aromatic heterocycles. The molecule has 1 amide bonds. The van der Waals surface area contributed by atoms with Crippen molar-refractivity contribution in [3.8, 4) is 5.75 Å².